The molecule has 0 aliphatic carbocycles. The van der Waals surface area contributed by atoms with Crippen LogP contribution in [0.2, 0.25) is 5.02 Å². The predicted octanol–water partition coefficient (Wildman–Crippen LogP) is 0.861. The van der Waals surface area contributed by atoms with E-state index in [1.54, 1.807) is 0 Å². The molecule has 1 fully saturated rings. The molecule has 0 atom stereocenters. The third kappa shape index (κ3) is 4.29. The molecule has 0 unspecified atom stereocenters. The predicted molar refractivity (Wildman–Crippen MR) is 72.6 cm³/mol. The first-order valence-electron chi connectivity index (χ1n) is 6.18. The van der Waals surface area contributed by atoms with E-state index < -0.39 is 0 Å². The molecular weight excluding hydrogens is 250 g/mol. The van der Waals surface area contributed by atoms with Crippen molar-refractivity contribution in [2.45, 2.75) is 6.54 Å². The molecule has 0 bridgehead atoms. The summed E-state index contributed by atoms with van der Waals surface area (Å²) in [6.07, 6.45) is 0. The summed E-state index contributed by atoms with van der Waals surface area (Å²) in [7, 11) is 0. The van der Waals surface area contributed by atoms with Crippen LogP contribution >= 0.6 is 11.6 Å². The molecule has 0 aromatic heterocycles. The van der Waals surface area contributed by atoms with Crippen molar-refractivity contribution in [1.29, 1.82) is 0 Å². The minimum Gasteiger partial charge on any atom is -0.351 e. The first-order chi connectivity index (χ1) is 8.74. The van der Waals surface area contributed by atoms with Crippen LogP contribution < -0.4 is 10.6 Å². The summed E-state index contributed by atoms with van der Waals surface area (Å²) in [6.45, 7) is 4.80. The Bertz CT molecular complexity index is 405. The number of nitrogens with one attached hydrogen (secondary N) is 2. The lowest BCUT2D eigenvalue weighted by molar-refractivity contribution is -0.122. The third-order valence-corrected chi connectivity index (χ3v) is 3.19. The Labute approximate surface area is 112 Å². The van der Waals surface area contributed by atoms with E-state index in [4.69, 9.17) is 11.6 Å². The summed E-state index contributed by atoms with van der Waals surface area (Å²) in [5.74, 6) is 0.0666. The van der Waals surface area contributed by atoms with E-state index in [-0.39, 0.29) is 5.91 Å². The standard InChI is InChI=1S/C13H18ClN3O/c14-12-3-1-2-11(8-12)9-16-13(18)10-17-6-4-15-5-7-17/h1-3,8,15H,4-7,9-10H2,(H,16,18). The van der Waals surface area contributed by atoms with Crippen molar-refractivity contribution < 1.29 is 4.79 Å². The van der Waals surface area contributed by atoms with Gasteiger partial charge in [0.1, 0.15) is 0 Å². The van der Waals surface area contributed by atoms with E-state index in [9.17, 15) is 4.79 Å². The number of carbonyl (C=O) groups is 1. The van der Waals surface area contributed by atoms with Crippen LogP contribution in [-0.4, -0.2) is 43.5 Å². The van der Waals surface area contributed by atoms with Gasteiger partial charge in [-0.2, -0.15) is 0 Å². The topological polar surface area (TPSA) is 44.4 Å². The first kappa shape index (κ1) is 13.3. The van der Waals surface area contributed by atoms with Crippen molar-refractivity contribution in [3.63, 3.8) is 0 Å². The molecule has 1 aliphatic heterocycles. The Morgan fingerprint density at radius 3 is 2.89 bits per heavy atom. The molecule has 5 heteroatoms. The maximum absolute atomic E-state index is 11.8. The Morgan fingerprint density at radius 1 is 1.39 bits per heavy atom. The van der Waals surface area contributed by atoms with Gasteiger partial charge in [0, 0.05) is 37.7 Å². The molecule has 1 aromatic rings. The summed E-state index contributed by atoms with van der Waals surface area (Å²) in [6, 6.07) is 7.54. The van der Waals surface area contributed by atoms with Crippen LogP contribution in [0.1, 0.15) is 5.56 Å². The second-order valence-electron chi connectivity index (χ2n) is 4.43. The largest absolute Gasteiger partial charge is 0.351 e. The van der Waals surface area contributed by atoms with Gasteiger partial charge in [0.15, 0.2) is 0 Å². The van der Waals surface area contributed by atoms with Gasteiger partial charge >= 0.3 is 0 Å². The van der Waals surface area contributed by atoms with E-state index in [2.05, 4.69) is 15.5 Å². The minimum atomic E-state index is 0.0666. The maximum atomic E-state index is 11.8. The van der Waals surface area contributed by atoms with Crippen molar-refractivity contribution in [2.24, 2.45) is 0 Å². The van der Waals surface area contributed by atoms with Gasteiger partial charge in [-0.15, -0.1) is 0 Å². The highest BCUT2D eigenvalue weighted by atomic mass is 35.5. The number of amides is 1. The van der Waals surface area contributed by atoms with Gasteiger partial charge < -0.3 is 10.6 Å². The van der Waals surface area contributed by atoms with Crippen LogP contribution in [0.15, 0.2) is 24.3 Å². The van der Waals surface area contributed by atoms with E-state index >= 15 is 0 Å². The van der Waals surface area contributed by atoms with E-state index in [1.807, 2.05) is 24.3 Å². The molecule has 1 heterocycles. The fourth-order valence-corrected chi connectivity index (χ4v) is 2.19. The monoisotopic (exact) mass is 267 g/mol. The highest BCUT2D eigenvalue weighted by Crippen LogP contribution is 2.10. The summed E-state index contributed by atoms with van der Waals surface area (Å²) in [4.78, 5) is 13.9. The maximum Gasteiger partial charge on any atom is 0.234 e. The number of halogens is 1. The number of piperazine rings is 1. The van der Waals surface area contributed by atoms with Crippen LogP contribution in [0.4, 0.5) is 0 Å². The Hall–Kier alpha value is -1.10. The minimum absolute atomic E-state index is 0.0666. The smallest absolute Gasteiger partial charge is 0.234 e. The molecule has 2 rings (SSSR count). The van der Waals surface area contributed by atoms with Gasteiger partial charge in [-0.3, -0.25) is 9.69 Å². The zero-order valence-electron chi connectivity index (χ0n) is 10.3. The highest BCUT2D eigenvalue weighted by Gasteiger charge is 2.12. The second-order valence-corrected chi connectivity index (χ2v) is 4.87. The number of hydrogen-bond acceptors (Lipinski definition) is 3. The third-order valence-electron chi connectivity index (χ3n) is 2.96. The molecule has 98 valence electrons. The quantitative estimate of drug-likeness (QED) is 0.851. The van der Waals surface area contributed by atoms with Crippen LogP contribution in [0.3, 0.4) is 0 Å². The molecule has 0 radical (unpaired) electrons. The Balaban J connectivity index is 1.74. The molecule has 0 spiro atoms. The summed E-state index contributed by atoms with van der Waals surface area (Å²) < 4.78 is 0. The Morgan fingerprint density at radius 2 is 2.17 bits per heavy atom. The van der Waals surface area contributed by atoms with Gasteiger partial charge in [0.25, 0.3) is 0 Å². The van der Waals surface area contributed by atoms with Crippen molar-refractivity contribution in [3.8, 4) is 0 Å². The molecule has 0 saturated carbocycles. The van der Waals surface area contributed by atoms with Crippen molar-refractivity contribution in [3.05, 3.63) is 34.9 Å². The molecular formula is C13H18ClN3O. The summed E-state index contributed by atoms with van der Waals surface area (Å²) in [5, 5.41) is 6.88. The zero-order chi connectivity index (χ0) is 12.8. The number of benzene rings is 1. The zero-order valence-corrected chi connectivity index (χ0v) is 11.0. The van der Waals surface area contributed by atoms with Gasteiger partial charge in [-0.05, 0) is 17.7 Å². The average Bonchev–Trinajstić information content (AvgIpc) is 2.38. The number of nitrogens with zero attached hydrogens (tertiary/aromatic N) is 1. The lowest BCUT2D eigenvalue weighted by Crippen LogP contribution is -2.47. The normalized spacial score (nSPS) is 16.5. The SMILES string of the molecule is O=C(CN1CCNCC1)NCc1cccc(Cl)c1. The highest BCUT2D eigenvalue weighted by molar-refractivity contribution is 6.30. The van der Waals surface area contributed by atoms with Gasteiger partial charge in [0.2, 0.25) is 5.91 Å². The van der Waals surface area contributed by atoms with Crippen LogP contribution in [0.25, 0.3) is 0 Å². The van der Waals surface area contributed by atoms with Crippen LogP contribution in [0.5, 0.6) is 0 Å². The fraction of sp³-hybridized carbons (Fsp3) is 0.462. The van der Waals surface area contributed by atoms with Gasteiger partial charge in [0.05, 0.1) is 6.54 Å². The van der Waals surface area contributed by atoms with E-state index in [0.29, 0.717) is 18.1 Å². The average molecular weight is 268 g/mol. The van der Waals surface area contributed by atoms with Crippen LogP contribution in [0, 0.1) is 0 Å². The first-order valence-corrected chi connectivity index (χ1v) is 6.56. The lowest BCUT2D eigenvalue weighted by Gasteiger charge is -2.26. The van der Waals surface area contributed by atoms with E-state index in [0.717, 1.165) is 31.7 Å². The van der Waals surface area contributed by atoms with Gasteiger partial charge in [-0.1, -0.05) is 23.7 Å². The number of rotatable bonds is 4. The van der Waals surface area contributed by atoms with E-state index in [1.165, 1.54) is 0 Å². The Kier molecular flexibility index (Phi) is 4.99. The molecule has 4 nitrogen and oxygen atoms in total. The molecule has 1 amide bonds. The van der Waals surface area contributed by atoms with Crippen molar-refractivity contribution in [1.82, 2.24) is 15.5 Å². The lowest BCUT2D eigenvalue weighted by atomic mass is 10.2. The molecule has 18 heavy (non-hydrogen) atoms. The van der Waals surface area contributed by atoms with Gasteiger partial charge in [-0.25, -0.2) is 0 Å². The molecule has 2 N–H and O–H groups in total. The molecule has 1 aliphatic rings. The second kappa shape index (κ2) is 6.73. The number of carbonyl (C=O) groups excluding carboxylic acids is 1. The number of hydrogen-bond donors (Lipinski definition) is 2. The molecule has 1 aromatic carbocycles. The summed E-state index contributed by atoms with van der Waals surface area (Å²) >= 11 is 5.89. The van der Waals surface area contributed by atoms with Crippen LogP contribution in [-0.2, 0) is 11.3 Å². The summed E-state index contributed by atoms with van der Waals surface area (Å²) in [5.41, 5.74) is 1.02. The fourth-order valence-electron chi connectivity index (χ4n) is 1.98. The van der Waals surface area contributed by atoms with Crippen molar-refractivity contribution in [2.75, 3.05) is 32.7 Å². The molecule has 1 saturated heterocycles. The van der Waals surface area contributed by atoms with Crippen molar-refractivity contribution >= 4 is 17.5 Å².